The van der Waals surface area contributed by atoms with Gasteiger partial charge in [0.2, 0.25) is 0 Å². The number of rotatable bonds is 4. The second kappa shape index (κ2) is 5.59. The van der Waals surface area contributed by atoms with Gasteiger partial charge in [0, 0.05) is 19.1 Å². The highest BCUT2D eigenvalue weighted by atomic mass is 16.4. The molecule has 102 valence electrons. The van der Waals surface area contributed by atoms with Crippen LogP contribution in [0.15, 0.2) is 0 Å². The number of carbonyl (C=O) groups excluding carboxylic acids is 1. The fraction of sp³-hybridized carbons (Fsp3) is 0.846. The monoisotopic (exact) mass is 254 g/mol. The largest absolute Gasteiger partial charge is 0.480 e. The third-order valence-electron chi connectivity index (χ3n) is 3.82. The number of carboxylic acids is 1. The maximum Gasteiger partial charge on any atom is 0.323 e. The molecule has 2 fully saturated rings. The number of hydrogen-bond donors (Lipinski definition) is 1. The third kappa shape index (κ3) is 3.37. The lowest BCUT2D eigenvalue weighted by atomic mass is 10.0. The van der Waals surface area contributed by atoms with Crippen molar-refractivity contribution in [3.63, 3.8) is 0 Å². The second-order valence-corrected chi connectivity index (χ2v) is 5.54. The molecule has 2 amide bonds. The summed E-state index contributed by atoms with van der Waals surface area (Å²) in [5.74, 6) is -0.401. The van der Waals surface area contributed by atoms with Crippen molar-refractivity contribution >= 4 is 12.0 Å². The number of carboxylic acid groups (broad SMARTS) is 1. The first kappa shape index (κ1) is 13.2. The van der Waals surface area contributed by atoms with Crippen molar-refractivity contribution in [2.24, 2.45) is 5.92 Å². The van der Waals surface area contributed by atoms with E-state index in [0.29, 0.717) is 12.5 Å². The minimum Gasteiger partial charge on any atom is -0.480 e. The van der Waals surface area contributed by atoms with Crippen molar-refractivity contribution in [3.8, 4) is 0 Å². The van der Waals surface area contributed by atoms with Gasteiger partial charge in [0.25, 0.3) is 0 Å². The molecule has 1 N–H and O–H groups in total. The van der Waals surface area contributed by atoms with Crippen LogP contribution in [-0.2, 0) is 4.79 Å². The number of nitrogens with zero attached hydrogens (tertiary/aromatic N) is 2. The molecule has 0 aromatic rings. The van der Waals surface area contributed by atoms with E-state index in [2.05, 4.69) is 0 Å². The summed E-state index contributed by atoms with van der Waals surface area (Å²) in [6.07, 6.45) is 5.46. The number of likely N-dealkylation sites (tertiary alicyclic amines) is 1. The van der Waals surface area contributed by atoms with Gasteiger partial charge in [0.05, 0.1) is 0 Å². The van der Waals surface area contributed by atoms with Crippen LogP contribution in [0.5, 0.6) is 0 Å². The van der Waals surface area contributed by atoms with Crippen LogP contribution in [0.25, 0.3) is 0 Å². The van der Waals surface area contributed by atoms with Crippen LogP contribution in [0.1, 0.15) is 39.0 Å². The summed E-state index contributed by atoms with van der Waals surface area (Å²) in [5.41, 5.74) is 0. The lowest BCUT2D eigenvalue weighted by Gasteiger charge is -2.37. The molecule has 0 spiro atoms. The normalized spacial score (nSPS) is 23.8. The quantitative estimate of drug-likeness (QED) is 0.831. The molecular weight excluding hydrogens is 232 g/mol. The highest BCUT2D eigenvalue weighted by Crippen LogP contribution is 2.30. The number of amides is 2. The van der Waals surface area contributed by atoms with E-state index in [0.717, 1.165) is 38.6 Å². The highest BCUT2D eigenvalue weighted by Gasteiger charge is 2.32. The molecule has 18 heavy (non-hydrogen) atoms. The van der Waals surface area contributed by atoms with Crippen LogP contribution < -0.4 is 0 Å². The lowest BCUT2D eigenvalue weighted by Crippen LogP contribution is -2.51. The Morgan fingerprint density at radius 3 is 2.56 bits per heavy atom. The Morgan fingerprint density at radius 2 is 2.00 bits per heavy atom. The topological polar surface area (TPSA) is 60.9 Å². The maximum atomic E-state index is 12.4. The Balaban J connectivity index is 1.98. The summed E-state index contributed by atoms with van der Waals surface area (Å²) in [4.78, 5) is 26.6. The van der Waals surface area contributed by atoms with E-state index < -0.39 is 5.97 Å². The van der Waals surface area contributed by atoms with Crippen molar-refractivity contribution < 1.29 is 14.7 Å². The minimum atomic E-state index is -0.923. The first-order chi connectivity index (χ1) is 8.58. The van der Waals surface area contributed by atoms with E-state index in [1.54, 1.807) is 0 Å². The van der Waals surface area contributed by atoms with Crippen LogP contribution in [0.2, 0.25) is 0 Å². The van der Waals surface area contributed by atoms with Gasteiger partial charge >= 0.3 is 12.0 Å². The first-order valence-electron chi connectivity index (χ1n) is 6.85. The Morgan fingerprint density at radius 1 is 1.28 bits per heavy atom. The van der Waals surface area contributed by atoms with Crippen LogP contribution in [-0.4, -0.2) is 52.6 Å². The highest BCUT2D eigenvalue weighted by molar-refractivity contribution is 5.80. The van der Waals surface area contributed by atoms with Gasteiger partial charge < -0.3 is 14.9 Å². The maximum absolute atomic E-state index is 12.4. The Labute approximate surface area is 108 Å². The molecule has 1 aliphatic carbocycles. The average Bonchev–Trinajstić information content (AvgIpc) is 3.11. The molecule has 1 unspecified atom stereocenters. The molecular formula is C13H22N2O3. The van der Waals surface area contributed by atoms with Crippen molar-refractivity contribution in [1.29, 1.82) is 0 Å². The summed E-state index contributed by atoms with van der Waals surface area (Å²) in [6.45, 7) is 3.25. The van der Waals surface area contributed by atoms with E-state index in [9.17, 15) is 9.59 Å². The van der Waals surface area contributed by atoms with Gasteiger partial charge in [-0.25, -0.2) is 4.79 Å². The van der Waals surface area contributed by atoms with Crippen molar-refractivity contribution in [2.45, 2.75) is 45.1 Å². The summed E-state index contributed by atoms with van der Waals surface area (Å²) >= 11 is 0. The number of hydrogen-bond acceptors (Lipinski definition) is 2. The van der Waals surface area contributed by atoms with Gasteiger partial charge in [0.15, 0.2) is 0 Å². The molecule has 1 heterocycles. The summed E-state index contributed by atoms with van der Waals surface area (Å²) in [7, 11) is 0. The average molecular weight is 254 g/mol. The molecule has 0 aromatic heterocycles. The van der Waals surface area contributed by atoms with E-state index in [1.165, 1.54) is 4.90 Å². The van der Waals surface area contributed by atoms with E-state index in [4.69, 9.17) is 5.11 Å². The first-order valence-corrected chi connectivity index (χ1v) is 6.85. The summed E-state index contributed by atoms with van der Waals surface area (Å²) in [6, 6.07) is 0.151. The van der Waals surface area contributed by atoms with Gasteiger partial charge in [-0.3, -0.25) is 4.79 Å². The Kier molecular flexibility index (Phi) is 4.09. The minimum absolute atomic E-state index is 0.0866. The molecule has 5 nitrogen and oxygen atoms in total. The number of urea groups is 1. The van der Waals surface area contributed by atoms with Crippen LogP contribution in [0.3, 0.4) is 0 Å². The van der Waals surface area contributed by atoms with Crippen molar-refractivity contribution in [1.82, 2.24) is 9.80 Å². The molecule has 2 rings (SSSR count). The molecule has 0 aromatic carbocycles. The summed E-state index contributed by atoms with van der Waals surface area (Å²) < 4.78 is 0. The zero-order valence-electron chi connectivity index (χ0n) is 11.0. The van der Waals surface area contributed by atoms with Crippen molar-refractivity contribution in [3.05, 3.63) is 0 Å². The smallest absolute Gasteiger partial charge is 0.323 e. The third-order valence-corrected chi connectivity index (χ3v) is 3.82. The fourth-order valence-electron chi connectivity index (χ4n) is 2.55. The standard InChI is InChI=1S/C13H22N2O3/c1-10-4-2-3-7-15(10)13(18)14(9-12(16)17)8-11-5-6-11/h10-11H,2-9H2,1H3,(H,16,17). The van der Waals surface area contributed by atoms with E-state index >= 15 is 0 Å². The van der Waals surface area contributed by atoms with Gasteiger partial charge in [-0.1, -0.05) is 0 Å². The molecule has 0 bridgehead atoms. The Hall–Kier alpha value is -1.26. The van der Waals surface area contributed by atoms with Gasteiger partial charge in [-0.2, -0.15) is 0 Å². The molecule has 0 radical (unpaired) electrons. The Bertz CT molecular complexity index is 328. The fourth-order valence-corrected chi connectivity index (χ4v) is 2.55. The van der Waals surface area contributed by atoms with Gasteiger partial charge in [-0.15, -0.1) is 0 Å². The number of carbonyl (C=O) groups is 2. The molecule has 1 atom stereocenters. The predicted octanol–water partition coefficient (Wildman–Crippen LogP) is 1.78. The molecule has 1 saturated heterocycles. The van der Waals surface area contributed by atoms with Gasteiger partial charge in [-0.05, 0) is 44.9 Å². The molecule has 1 aliphatic heterocycles. The van der Waals surface area contributed by atoms with Crippen LogP contribution >= 0.6 is 0 Å². The van der Waals surface area contributed by atoms with Crippen molar-refractivity contribution in [2.75, 3.05) is 19.6 Å². The zero-order valence-corrected chi connectivity index (χ0v) is 11.0. The zero-order chi connectivity index (χ0) is 13.1. The SMILES string of the molecule is CC1CCCCN1C(=O)N(CC(=O)O)CC1CC1. The van der Waals surface area contributed by atoms with Crippen LogP contribution in [0, 0.1) is 5.92 Å². The summed E-state index contributed by atoms with van der Waals surface area (Å²) in [5, 5.41) is 8.92. The van der Waals surface area contributed by atoms with E-state index in [1.807, 2.05) is 11.8 Å². The lowest BCUT2D eigenvalue weighted by molar-refractivity contribution is -0.137. The second-order valence-electron chi connectivity index (χ2n) is 5.54. The molecule has 2 aliphatic rings. The van der Waals surface area contributed by atoms with Gasteiger partial charge in [0.1, 0.15) is 6.54 Å². The van der Waals surface area contributed by atoms with E-state index in [-0.39, 0.29) is 18.6 Å². The number of piperidine rings is 1. The number of aliphatic carboxylic acids is 1. The molecule has 1 saturated carbocycles. The molecule has 5 heteroatoms. The van der Waals surface area contributed by atoms with Crippen LogP contribution in [0.4, 0.5) is 4.79 Å². The predicted molar refractivity (Wildman–Crippen MR) is 67.3 cm³/mol.